The predicted molar refractivity (Wildman–Crippen MR) is 62.3 cm³/mol. The molecule has 1 aromatic carbocycles. The standard InChI is InChI=1S/C12H15N3/c1-10(2)14-11-4-6-12(7-5-11)15-9-3-8-13-15/h3-10,14H,1-2H3. The van der Waals surface area contributed by atoms with Crippen LogP contribution in [-0.4, -0.2) is 15.8 Å². The fourth-order valence-electron chi connectivity index (χ4n) is 1.47. The summed E-state index contributed by atoms with van der Waals surface area (Å²) in [5.41, 5.74) is 2.22. The summed E-state index contributed by atoms with van der Waals surface area (Å²) in [5, 5.41) is 7.52. The smallest absolute Gasteiger partial charge is 0.0647 e. The lowest BCUT2D eigenvalue weighted by Gasteiger charge is -2.10. The normalized spacial score (nSPS) is 10.6. The highest BCUT2D eigenvalue weighted by molar-refractivity contribution is 5.48. The molecule has 1 heterocycles. The van der Waals surface area contributed by atoms with Crippen LogP contribution >= 0.6 is 0 Å². The van der Waals surface area contributed by atoms with Crippen LogP contribution in [0, 0.1) is 0 Å². The summed E-state index contributed by atoms with van der Waals surface area (Å²) in [7, 11) is 0. The quantitative estimate of drug-likeness (QED) is 0.827. The summed E-state index contributed by atoms with van der Waals surface area (Å²) in [4.78, 5) is 0. The Balaban J connectivity index is 2.17. The molecular formula is C12H15N3. The minimum absolute atomic E-state index is 0.459. The van der Waals surface area contributed by atoms with Gasteiger partial charge in [0.2, 0.25) is 0 Å². The van der Waals surface area contributed by atoms with E-state index in [4.69, 9.17) is 0 Å². The molecule has 15 heavy (non-hydrogen) atoms. The van der Waals surface area contributed by atoms with Gasteiger partial charge in [0.25, 0.3) is 0 Å². The van der Waals surface area contributed by atoms with Gasteiger partial charge in [0.1, 0.15) is 0 Å². The van der Waals surface area contributed by atoms with Crippen LogP contribution in [0.2, 0.25) is 0 Å². The van der Waals surface area contributed by atoms with Crippen LogP contribution in [0.3, 0.4) is 0 Å². The van der Waals surface area contributed by atoms with Crippen LogP contribution in [0.1, 0.15) is 13.8 Å². The number of hydrogen-bond acceptors (Lipinski definition) is 2. The summed E-state index contributed by atoms with van der Waals surface area (Å²) >= 11 is 0. The van der Waals surface area contributed by atoms with Gasteiger partial charge in [-0.05, 0) is 44.2 Å². The van der Waals surface area contributed by atoms with Gasteiger partial charge in [-0.1, -0.05) is 0 Å². The Morgan fingerprint density at radius 1 is 1.20 bits per heavy atom. The minimum atomic E-state index is 0.459. The van der Waals surface area contributed by atoms with Gasteiger partial charge >= 0.3 is 0 Å². The van der Waals surface area contributed by atoms with E-state index in [0.29, 0.717) is 6.04 Å². The third-order valence-electron chi connectivity index (χ3n) is 2.09. The van der Waals surface area contributed by atoms with E-state index in [9.17, 15) is 0 Å². The number of aromatic nitrogens is 2. The molecule has 0 amide bonds. The Labute approximate surface area is 89.7 Å². The molecule has 3 nitrogen and oxygen atoms in total. The fraction of sp³-hybridized carbons (Fsp3) is 0.250. The molecule has 2 rings (SSSR count). The molecule has 0 saturated heterocycles. The van der Waals surface area contributed by atoms with Gasteiger partial charge in [-0.3, -0.25) is 0 Å². The number of anilines is 1. The molecule has 1 aromatic heterocycles. The summed E-state index contributed by atoms with van der Waals surface area (Å²) in [6.45, 7) is 4.25. The predicted octanol–water partition coefficient (Wildman–Crippen LogP) is 2.69. The van der Waals surface area contributed by atoms with Crippen LogP contribution in [0.15, 0.2) is 42.7 Å². The molecule has 0 fully saturated rings. The number of benzene rings is 1. The molecule has 0 spiro atoms. The van der Waals surface area contributed by atoms with Crippen molar-refractivity contribution in [3.05, 3.63) is 42.7 Å². The molecule has 2 aromatic rings. The van der Waals surface area contributed by atoms with E-state index in [1.807, 2.05) is 16.9 Å². The van der Waals surface area contributed by atoms with Crippen molar-refractivity contribution in [3.8, 4) is 5.69 Å². The van der Waals surface area contributed by atoms with Crippen LogP contribution in [0.4, 0.5) is 5.69 Å². The van der Waals surface area contributed by atoms with Crippen molar-refractivity contribution in [2.75, 3.05) is 5.32 Å². The van der Waals surface area contributed by atoms with Crippen molar-refractivity contribution >= 4 is 5.69 Å². The van der Waals surface area contributed by atoms with Gasteiger partial charge in [-0.15, -0.1) is 0 Å². The Morgan fingerprint density at radius 3 is 2.47 bits per heavy atom. The van der Waals surface area contributed by atoms with Crippen molar-refractivity contribution < 1.29 is 0 Å². The highest BCUT2D eigenvalue weighted by atomic mass is 15.3. The van der Waals surface area contributed by atoms with Crippen molar-refractivity contribution in [2.45, 2.75) is 19.9 Å². The maximum absolute atomic E-state index is 4.17. The lowest BCUT2D eigenvalue weighted by atomic mass is 10.2. The molecule has 0 aliphatic carbocycles. The maximum atomic E-state index is 4.17. The molecule has 0 aliphatic rings. The number of rotatable bonds is 3. The molecule has 78 valence electrons. The third kappa shape index (κ3) is 2.37. The largest absolute Gasteiger partial charge is 0.383 e. The highest BCUT2D eigenvalue weighted by Crippen LogP contribution is 2.13. The Bertz CT molecular complexity index is 401. The Morgan fingerprint density at radius 2 is 1.93 bits per heavy atom. The molecule has 0 radical (unpaired) electrons. The zero-order valence-corrected chi connectivity index (χ0v) is 9.01. The SMILES string of the molecule is CC(C)Nc1ccc(-n2cccn2)cc1. The molecule has 1 N–H and O–H groups in total. The highest BCUT2D eigenvalue weighted by Gasteiger charge is 1.97. The van der Waals surface area contributed by atoms with Crippen LogP contribution in [-0.2, 0) is 0 Å². The first kappa shape index (κ1) is 9.77. The summed E-state index contributed by atoms with van der Waals surface area (Å²) in [5.74, 6) is 0. The van der Waals surface area contributed by atoms with Crippen LogP contribution < -0.4 is 5.32 Å². The average molecular weight is 201 g/mol. The molecule has 3 heteroatoms. The van der Waals surface area contributed by atoms with E-state index >= 15 is 0 Å². The number of nitrogens with one attached hydrogen (secondary N) is 1. The summed E-state index contributed by atoms with van der Waals surface area (Å²) in [6, 6.07) is 10.6. The first-order chi connectivity index (χ1) is 7.25. The molecule has 0 bridgehead atoms. The van der Waals surface area contributed by atoms with Gasteiger partial charge in [0.05, 0.1) is 5.69 Å². The molecule has 0 saturated carbocycles. The molecule has 0 unspecified atom stereocenters. The van der Waals surface area contributed by atoms with Crippen LogP contribution in [0.25, 0.3) is 5.69 Å². The minimum Gasteiger partial charge on any atom is -0.383 e. The van der Waals surface area contributed by atoms with E-state index in [-0.39, 0.29) is 0 Å². The van der Waals surface area contributed by atoms with Gasteiger partial charge in [-0.25, -0.2) is 4.68 Å². The fourth-order valence-corrected chi connectivity index (χ4v) is 1.47. The molecule has 0 atom stereocenters. The van der Waals surface area contributed by atoms with E-state index < -0.39 is 0 Å². The first-order valence-corrected chi connectivity index (χ1v) is 5.12. The summed E-state index contributed by atoms with van der Waals surface area (Å²) < 4.78 is 1.85. The molecular weight excluding hydrogens is 186 g/mol. The second kappa shape index (κ2) is 4.17. The lowest BCUT2D eigenvalue weighted by Crippen LogP contribution is -2.09. The lowest BCUT2D eigenvalue weighted by molar-refractivity contribution is 0.877. The zero-order valence-electron chi connectivity index (χ0n) is 9.01. The second-order valence-electron chi connectivity index (χ2n) is 3.80. The maximum Gasteiger partial charge on any atom is 0.0647 e. The Kier molecular flexibility index (Phi) is 2.72. The van der Waals surface area contributed by atoms with Gasteiger partial charge in [-0.2, -0.15) is 5.10 Å². The summed E-state index contributed by atoms with van der Waals surface area (Å²) in [6.07, 6.45) is 3.71. The number of hydrogen-bond donors (Lipinski definition) is 1. The molecule has 0 aliphatic heterocycles. The second-order valence-corrected chi connectivity index (χ2v) is 3.80. The number of nitrogens with zero attached hydrogens (tertiary/aromatic N) is 2. The van der Waals surface area contributed by atoms with Gasteiger partial charge < -0.3 is 5.32 Å². The van der Waals surface area contributed by atoms with E-state index in [1.54, 1.807) is 6.20 Å². The van der Waals surface area contributed by atoms with Crippen molar-refractivity contribution in [1.29, 1.82) is 0 Å². The van der Waals surface area contributed by atoms with Crippen LogP contribution in [0.5, 0.6) is 0 Å². The first-order valence-electron chi connectivity index (χ1n) is 5.12. The van der Waals surface area contributed by atoms with E-state index in [0.717, 1.165) is 11.4 Å². The third-order valence-corrected chi connectivity index (χ3v) is 2.09. The topological polar surface area (TPSA) is 29.9 Å². The van der Waals surface area contributed by atoms with E-state index in [2.05, 4.69) is 48.5 Å². The zero-order chi connectivity index (χ0) is 10.7. The Hall–Kier alpha value is -1.77. The van der Waals surface area contributed by atoms with Gasteiger partial charge in [0, 0.05) is 24.1 Å². The van der Waals surface area contributed by atoms with Crippen molar-refractivity contribution in [1.82, 2.24) is 9.78 Å². The van der Waals surface area contributed by atoms with Gasteiger partial charge in [0.15, 0.2) is 0 Å². The van der Waals surface area contributed by atoms with Crippen molar-refractivity contribution in [3.63, 3.8) is 0 Å². The van der Waals surface area contributed by atoms with E-state index in [1.165, 1.54) is 0 Å². The van der Waals surface area contributed by atoms with Crippen molar-refractivity contribution in [2.24, 2.45) is 0 Å². The monoisotopic (exact) mass is 201 g/mol. The average Bonchev–Trinajstić information content (AvgIpc) is 2.71.